The second kappa shape index (κ2) is 10.5. The topological polar surface area (TPSA) is 94.3 Å². The SMILES string of the molecule is CCCCCc1c(C)n(-c2ccccc2)c(=O)n1Cc1ccc(-c2ncccc2-c2nn[nH]n2)cc1. The van der Waals surface area contributed by atoms with Crippen molar-refractivity contribution in [3.05, 3.63) is 100 Å². The van der Waals surface area contributed by atoms with E-state index in [4.69, 9.17) is 0 Å². The number of rotatable bonds is 9. The van der Waals surface area contributed by atoms with Gasteiger partial charge in [0.25, 0.3) is 0 Å². The number of unbranched alkanes of at least 4 members (excludes halogenated alkanes) is 2. The third kappa shape index (κ3) is 4.62. The number of nitrogens with zero attached hydrogens (tertiary/aromatic N) is 6. The lowest BCUT2D eigenvalue weighted by Gasteiger charge is -2.10. The molecule has 0 atom stereocenters. The molecular weight excluding hydrogens is 450 g/mol. The number of H-pyrrole nitrogens is 1. The van der Waals surface area contributed by atoms with Crippen molar-refractivity contribution in [3.63, 3.8) is 0 Å². The molecule has 3 aromatic heterocycles. The number of hydrogen-bond donors (Lipinski definition) is 1. The average molecular weight is 480 g/mol. The van der Waals surface area contributed by atoms with Gasteiger partial charge in [-0.15, -0.1) is 10.2 Å². The van der Waals surface area contributed by atoms with Crippen LogP contribution in [-0.2, 0) is 13.0 Å². The minimum Gasteiger partial charge on any atom is -0.291 e. The molecule has 0 bridgehead atoms. The van der Waals surface area contributed by atoms with Gasteiger partial charge in [0.15, 0.2) is 0 Å². The van der Waals surface area contributed by atoms with E-state index in [-0.39, 0.29) is 5.69 Å². The Hall–Kier alpha value is -4.33. The molecule has 3 heterocycles. The van der Waals surface area contributed by atoms with Crippen molar-refractivity contribution in [3.8, 4) is 28.3 Å². The zero-order chi connectivity index (χ0) is 24.9. The van der Waals surface area contributed by atoms with Crippen LogP contribution in [0.2, 0.25) is 0 Å². The van der Waals surface area contributed by atoms with E-state index in [2.05, 4.69) is 51.6 Å². The number of tetrazole rings is 1. The zero-order valence-corrected chi connectivity index (χ0v) is 20.6. The van der Waals surface area contributed by atoms with E-state index >= 15 is 0 Å². The summed E-state index contributed by atoms with van der Waals surface area (Å²) in [5.74, 6) is 0.503. The summed E-state index contributed by atoms with van der Waals surface area (Å²) >= 11 is 0. The van der Waals surface area contributed by atoms with Crippen LogP contribution in [0.4, 0.5) is 0 Å². The number of nitrogens with one attached hydrogen (secondary N) is 1. The fourth-order valence-corrected chi connectivity index (χ4v) is 4.65. The second-order valence-corrected chi connectivity index (χ2v) is 8.86. The van der Waals surface area contributed by atoms with E-state index in [1.165, 1.54) is 0 Å². The minimum absolute atomic E-state index is 0.00149. The van der Waals surface area contributed by atoms with Gasteiger partial charge in [0, 0.05) is 28.7 Å². The van der Waals surface area contributed by atoms with Crippen LogP contribution < -0.4 is 5.69 Å². The van der Waals surface area contributed by atoms with Crippen molar-refractivity contribution in [2.75, 3.05) is 0 Å². The van der Waals surface area contributed by atoms with E-state index < -0.39 is 0 Å². The van der Waals surface area contributed by atoms with Gasteiger partial charge in [0.1, 0.15) is 0 Å². The van der Waals surface area contributed by atoms with Crippen molar-refractivity contribution in [1.82, 2.24) is 34.7 Å². The lowest BCUT2D eigenvalue weighted by atomic mass is 10.0. The first-order valence-corrected chi connectivity index (χ1v) is 12.3. The Kier molecular flexibility index (Phi) is 6.84. The monoisotopic (exact) mass is 479 g/mol. The Balaban J connectivity index is 1.48. The van der Waals surface area contributed by atoms with Crippen molar-refractivity contribution < 1.29 is 0 Å². The molecule has 0 aliphatic rings. The van der Waals surface area contributed by atoms with Gasteiger partial charge < -0.3 is 0 Å². The molecular formula is C28H29N7O. The van der Waals surface area contributed by atoms with E-state index in [1.807, 2.05) is 63.7 Å². The molecule has 0 amide bonds. The highest BCUT2D eigenvalue weighted by Crippen LogP contribution is 2.28. The minimum atomic E-state index is -0.00149. The normalized spacial score (nSPS) is 11.2. The maximum absolute atomic E-state index is 13.6. The summed E-state index contributed by atoms with van der Waals surface area (Å²) in [7, 11) is 0. The van der Waals surface area contributed by atoms with Crippen LogP contribution in [0.15, 0.2) is 77.7 Å². The van der Waals surface area contributed by atoms with Crippen LogP contribution >= 0.6 is 0 Å². The Labute approximate surface area is 209 Å². The molecule has 0 fully saturated rings. The first kappa shape index (κ1) is 23.4. The fraction of sp³-hybridized carbons (Fsp3) is 0.250. The van der Waals surface area contributed by atoms with Crippen LogP contribution in [0.25, 0.3) is 28.3 Å². The van der Waals surface area contributed by atoms with Crippen LogP contribution in [0, 0.1) is 6.92 Å². The van der Waals surface area contributed by atoms with Gasteiger partial charge in [-0.2, -0.15) is 5.21 Å². The maximum Gasteiger partial charge on any atom is 0.333 e. The smallest absolute Gasteiger partial charge is 0.291 e. The molecule has 5 rings (SSSR count). The Morgan fingerprint density at radius 1 is 0.944 bits per heavy atom. The lowest BCUT2D eigenvalue weighted by molar-refractivity contribution is 0.652. The average Bonchev–Trinajstić information content (AvgIpc) is 3.53. The van der Waals surface area contributed by atoms with E-state index in [1.54, 1.807) is 6.20 Å². The fourth-order valence-electron chi connectivity index (χ4n) is 4.65. The predicted molar refractivity (Wildman–Crippen MR) is 140 cm³/mol. The Morgan fingerprint density at radius 3 is 2.47 bits per heavy atom. The number of aromatic amines is 1. The van der Waals surface area contributed by atoms with Crippen molar-refractivity contribution >= 4 is 0 Å². The number of para-hydroxylation sites is 1. The molecule has 8 nitrogen and oxygen atoms in total. The van der Waals surface area contributed by atoms with E-state index in [9.17, 15) is 4.79 Å². The van der Waals surface area contributed by atoms with E-state index in [0.29, 0.717) is 12.4 Å². The highest BCUT2D eigenvalue weighted by molar-refractivity contribution is 5.76. The number of pyridine rings is 1. The third-order valence-electron chi connectivity index (χ3n) is 6.49. The zero-order valence-electron chi connectivity index (χ0n) is 20.6. The summed E-state index contributed by atoms with van der Waals surface area (Å²) in [6.07, 6.45) is 5.99. The Morgan fingerprint density at radius 2 is 1.75 bits per heavy atom. The van der Waals surface area contributed by atoms with Crippen molar-refractivity contribution in [2.24, 2.45) is 0 Å². The van der Waals surface area contributed by atoms with Gasteiger partial charge in [-0.1, -0.05) is 62.2 Å². The van der Waals surface area contributed by atoms with Crippen molar-refractivity contribution in [1.29, 1.82) is 0 Å². The first-order chi connectivity index (χ1) is 17.7. The lowest BCUT2D eigenvalue weighted by Crippen LogP contribution is -2.25. The molecule has 0 aliphatic carbocycles. The summed E-state index contributed by atoms with van der Waals surface area (Å²) in [5, 5.41) is 14.4. The van der Waals surface area contributed by atoms with Crippen LogP contribution in [0.5, 0.6) is 0 Å². The molecule has 182 valence electrons. The van der Waals surface area contributed by atoms with Gasteiger partial charge in [-0.3, -0.25) is 14.1 Å². The highest BCUT2D eigenvalue weighted by Gasteiger charge is 2.18. The molecule has 2 aromatic carbocycles. The molecule has 5 aromatic rings. The number of imidazole rings is 1. The van der Waals surface area contributed by atoms with Crippen LogP contribution in [0.3, 0.4) is 0 Å². The number of benzene rings is 2. The third-order valence-corrected chi connectivity index (χ3v) is 6.49. The molecule has 1 N–H and O–H groups in total. The van der Waals surface area contributed by atoms with E-state index in [0.717, 1.165) is 65.1 Å². The summed E-state index contributed by atoms with van der Waals surface area (Å²) in [4.78, 5) is 18.2. The molecule has 0 spiro atoms. The standard InChI is InChI=1S/C28H29N7O/c1-3-4-6-13-25-20(2)35(23-10-7-5-8-11-23)28(36)34(25)19-21-14-16-22(17-15-21)26-24(12-9-18-29-26)27-30-32-33-31-27/h5,7-12,14-18H,3-4,6,13,19H2,1-2H3,(H,30,31,32,33). The summed E-state index contributed by atoms with van der Waals surface area (Å²) in [5.41, 5.74) is 6.61. The van der Waals surface area contributed by atoms with Gasteiger partial charge >= 0.3 is 5.69 Å². The van der Waals surface area contributed by atoms with Crippen LogP contribution in [0.1, 0.15) is 43.1 Å². The molecule has 0 saturated carbocycles. The largest absolute Gasteiger partial charge is 0.333 e. The first-order valence-electron chi connectivity index (χ1n) is 12.3. The summed E-state index contributed by atoms with van der Waals surface area (Å²) in [6.45, 7) is 4.76. The maximum atomic E-state index is 13.6. The second-order valence-electron chi connectivity index (χ2n) is 8.86. The predicted octanol–water partition coefficient (Wildman–Crippen LogP) is 4.97. The van der Waals surface area contributed by atoms with Gasteiger partial charge in [0.05, 0.1) is 17.9 Å². The highest BCUT2D eigenvalue weighted by atomic mass is 16.1. The molecule has 0 aliphatic heterocycles. The molecule has 8 heteroatoms. The molecule has 36 heavy (non-hydrogen) atoms. The van der Waals surface area contributed by atoms with Crippen molar-refractivity contribution in [2.45, 2.75) is 46.1 Å². The summed E-state index contributed by atoms with van der Waals surface area (Å²) < 4.78 is 3.76. The number of hydrogen-bond acceptors (Lipinski definition) is 5. The van der Waals surface area contributed by atoms with Crippen LogP contribution in [-0.4, -0.2) is 34.7 Å². The summed E-state index contributed by atoms with van der Waals surface area (Å²) in [6, 6.07) is 21.8. The van der Waals surface area contributed by atoms with Gasteiger partial charge in [-0.25, -0.2) is 4.79 Å². The Bertz CT molecular complexity index is 1480. The van der Waals surface area contributed by atoms with Gasteiger partial charge in [-0.05, 0) is 54.8 Å². The molecule has 0 unspecified atom stereocenters. The quantitative estimate of drug-likeness (QED) is 0.301. The molecule has 0 radical (unpaired) electrons. The molecule has 0 saturated heterocycles. The number of aromatic nitrogens is 7. The van der Waals surface area contributed by atoms with Gasteiger partial charge in [0.2, 0.25) is 5.82 Å².